The molecule has 2 nitrogen and oxygen atoms in total. The Hall–Kier alpha value is -0.640. The molecule has 2 rings (SSSR count). The maximum atomic E-state index is 13.6. The minimum absolute atomic E-state index is 0.0355. The Balaban J connectivity index is 2.04. The van der Waals surface area contributed by atoms with E-state index in [4.69, 9.17) is 22.1 Å². The highest BCUT2D eigenvalue weighted by atomic mass is 35.5. The number of hydrogen-bond donors (Lipinski definition) is 1. The molecule has 2 unspecified atom stereocenters. The molecule has 1 aromatic carbocycles. The first-order chi connectivity index (χ1) is 8.61. The third-order valence-electron chi connectivity index (χ3n) is 3.33. The van der Waals surface area contributed by atoms with Crippen molar-refractivity contribution < 1.29 is 9.13 Å². The summed E-state index contributed by atoms with van der Waals surface area (Å²) in [6, 6.07) is 4.40. The van der Waals surface area contributed by atoms with Gasteiger partial charge in [0, 0.05) is 17.7 Å². The van der Waals surface area contributed by atoms with Crippen LogP contribution in [0, 0.1) is 11.7 Å². The number of halogens is 2. The summed E-state index contributed by atoms with van der Waals surface area (Å²) in [7, 11) is 0. The molecule has 1 fully saturated rings. The average Bonchev–Trinajstić information content (AvgIpc) is 3.14. The minimum Gasteiger partial charge on any atom is -0.377 e. The van der Waals surface area contributed by atoms with Gasteiger partial charge in [0.1, 0.15) is 5.82 Å². The van der Waals surface area contributed by atoms with Crippen LogP contribution in [0.1, 0.15) is 25.3 Å². The molecule has 0 bridgehead atoms. The molecule has 0 radical (unpaired) electrons. The Morgan fingerprint density at radius 2 is 2.22 bits per heavy atom. The van der Waals surface area contributed by atoms with E-state index in [-0.39, 0.29) is 18.0 Å². The zero-order valence-corrected chi connectivity index (χ0v) is 11.3. The van der Waals surface area contributed by atoms with Gasteiger partial charge in [0.15, 0.2) is 0 Å². The van der Waals surface area contributed by atoms with Crippen LogP contribution in [-0.2, 0) is 11.2 Å². The molecule has 0 heterocycles. The van der Waals surface area contributed by atoms with E-state index >= 15 is 0 Å². The van der Waals surface area contributed by atoms with Gasteiger partial charge in [-0.1, -0.05) is 11.6 Å². The second-order valence-corrected chi connectivity index (χ2v) is 5.30. The van der Waals surface area contributed by atoms with Gasteiger partial charge >= 0.3 is 0 Å². The predicted molar refractivity (Wildman–Crippen MR) is 71.2 cm³/mol. The molecule has 2 atom stereocenters. The van der Waals surface area contributed by atoms with Gasteiger partial charge in [-0.15, -0.1) is 0 Å². The SMILES string of the molecule is CCOC(C(N)Cc1cc(Cl)ccc1F)C1CC1. The molecule has 1 aliphatic carbocycles. The van der Waals surface area contributed by atoms with Crippen molar-refractivity contribution in [2.75, 3.05) is 6.61 Å². The summed E-state index contributed by atoms with van der Waals surface area (Å²) in [5.41, 5.74) is 6.73. The molecule has 0 aliphatic heterocycles. The fourth-order valence-corrected chi connectivity index (χ4v) is 2.49. The maximum absolute atomic E-state index is 13.6. The second-order valence-electron chi connectivity index (χ2n) is 4.86. The van der Waals surface area contributed by atoms with Crippen LogP contribution in [0.5, 0.6) is 0 Å². The number of rotatable bonds is 6. The van der Waals surface area contributed by atoms with Crippen molar-refractivity contribution in [3.05, 3.63) is 34.6 Å². The monoisotopic (exact) mass is 271 g/mol. The van der Waals surface area contributed by atoms with E-state index in [0.29, 0.717) is 29.5 Å². The van der Waals surface area contributed by atoms with E-state index in [9.17, 15) is 4.39 Å². The highest BCUT2D eigenvalue weighted by Crippen LogP contribution is 2.36. The van der Waals surface area contributed by atoms with Crippen molar-refractivity contribution >= 4 is 11.6 Å². The van der Waals surface area contributed by atoms with Crippen LogP contribution < -0.4 is 5.73 Å². The van der Waals surface area contributed by atoms with Crippen LogP contribution >= 0.6 is 11.6 Å². The minimum atomic E-state index is -0.249. The van der Waals surface area contributed by atoms with E-state index in [1.165, 1.54) is 6.07 Å². The van der Waals surface area contributed by atoms with Crippen molar-refractivity contribution in [3.63, 3.8) is 0 Å². The van der Waals surface area contributed by atoms with E-state index in [1.54, 1.807) is 12.1 Å². The molecular weight excluding hydrogens is 253 g/mol. The van der Waals surface area contributed by atoms with Gasteiger partial charge in [-0.05, 0) is 55.9 Å². The van der Waals surface area contributed by atoms with Crippen molar-refractivity contribution in [2.24, 2.45) is 11.7 Å². The smallest absolute Gasteiger partial charge is 0.126 e. The fourth-order valence-electron chi connectivity index (χ4n) is 2.30. The van der Waals surface area contributed by atoms with Crippen molar-refractivity contribution in [1.29, 1.82) is 0 Å². The first-order valence-electron chi connectivity index (χ1n) is 6.43. The number of ether oxygens (including phenoxy) is 1. The van der Waals surface area contributed by atoms with Gasteiger partial charge < -0.3 is 10.5 Å². The zero-order chi connectivity index (χ0) is 13.1. The molecule has 1 aromatic rings. The van der Waals surface area contributed by atoms with Crippen LogP contribution in [0.15, 0.2) is 18.2 Å². The molecule has 2 N–H and O–H groups in total. The Morgan fingerprint density at radius 3 is 2.83 bits per heavy atom. The summed E-state index contributed by atoms with van der Waals surface area (Å²) < 4.78 is 19.3. The maximum Gasteiger partial charge on any atom is 0.126 e. The molecule has 1 saturated carbocycles. The number of benzene rings is 1. The summed E-state index contributed by atoms with van der Waals surface area (Å²) in [5.74, 6) is 0.295. The van der Waals surface area contributed by atoms with Crippen molar-refractivity contribution in [1.82, 2.24) is 0 Å². The molecule has 18 heavy (non-hydrogen) atoms. The normalized spacial score (nSPS) is 18.7. The summed E-state index contributed by atoms with van der Waals surface area (Å²) in [6.07, 6.45) is 2.83. The van der Waals surface area contributed by atoms with Gasteiger partial charge in [-0.2, -0.15) is 0 Å². The Labute approximate surface area is 112 Å². The Kier molecular flexibility index (Phi) is 4.60. The quantitative estimate of drug-likeness (QED) is 0.863. The third-order valence-corrected chi connectivity index (χ3v) is 3.57. The fraction of sp³-hybridized carbons (Fsp3) is 0.571. The van der Waals surface area contributed by atoms with Crippen LogP contribution in [0.3, 0.4) is 0 Å². The predicted octanol–water partition coefficient (Wildman–Crippen LogP) is 3.16. The van der Waals surface area contributed by atoms with E-state index in [0.717, 1.165) is 12.8 Å². The molecule has 0 amide bonds. The van der Waals surface area contributed by atoms with E-state index in [2.05, 4.69) is 0 Å². The summed E-state index contributed by atoms with van der Waals surface area (Å²) in [5, 5.41) is 0.540. The topological polar surface area (TPSA) is 35.2 Å². The lowest BCUT2D eigenvalue weighted by Gasteiger charge is -2.24. The van der Waals surface area contributed by atoms with Gasteiger partial charge in [0.05, 0.1) is 6.10 Å². The molecule has 4 heteroatoms. The summed E-state index contributed by atoms with van der Waals surface area (Å²) in [6.45, 7) is 2.61. The van der Waals surface area contributed by atoms with Crippen LogP contribution in [0.2, 0.25) is 5.02 Å². The lowest BCUT2D eigenvalue weighted by atomic mass is 9.98. The van der Waals surface area contributed by atoms with Crippen LogP contribution in [-0.4, -0.2) is 18.8 Å². The first-order valence-corrected chi connectivity index (χ1v) is 6.80. The highest BCUT2D eigenvalue weighted by Gasteiger charge is 2.35. The van der Waals surface area contributed by atoms with Gasteiger partial charge in [-0.3, -0.25) is 0 Å². The standard InChI is InChI=1S/C14H19ClFNO/c1-2-18-14(9-3-4-9)13(17)8-10-7-11(15)5-6-12(10)16/h5-7,9,13-14H,2-4,8,17H2,1H3. The summed E-state index contributed by atoms with van der Waals surface area (Å²) >= 11 is 5.88. The van der Waals surface area contributed by atoms with Gasteiger partial charge in [0.2, 0.25) is 0 Å². The average molecular weight is 272 g/mol. The van der Waals surface area contributed by atoms with E-state index in [1.807, 2.05) is 6.92 Å². The van der Waals surface area contributed by atoms with Crippen LogP contribution in [0.25, 0.3) is 0 Å². The molecule has 0 saturated heterocycles. The Morgan fingerprint density at radius 1 is 1.50 bits per heavy atom. The Bertz CT molecular complexity index is 409. The van der Waals surface area contributed by atoms with Crippen LogP contribution in [0.4, 0.5) is 4.39 Å². The third kappa shape index (κ3) is 3.44. The highest BCUT2D eigenvalue weighted by molar-refractivity contribution is 6.30. The zero-order valence-electron chi connectivity index (χ0n) is 10.5. The molecular formula is C14H19ClFNO. The van der Waals surface area contributed by atoms with Crippen molar-refractivity contribution in [3.8, 4) is 0 Å². The van der Waals surface area contributed by atoms with Gasteiger partial charge in [0.25, 0.3) is 0 Å². The molecule has 100 valence electrons. The van der Waals surface area contributed by atoms with E-state index < -0.39 is 0 Å². The largest absolute Gasteiger partial charge is 0.377 e. The lowest BCUT2D eigenvalue weighted by Crippen LogP contribution is -2.40. The molecule has 0 aromatic heterocycles. The van der Waals surface area contributed by atoms with Crippen molar-refractivity contribution in [2.45, 2.75) is 38.3 Å². The molecule has 0 spiro atoms. The summed E-state index contributed by atoms with van der Waals surface area (Å²) in [4.78, 5) is 0. The number of nitrogens with two attached hydrogens (primary N) is 1. The van der Waals surface area contributed by atoms with Gasteiger partial charge in [-0.25, -0.2) is 4.39 Å². The molecule has 1 aliphatic rings. The second kappa shape index (κ2) is 6.00. The first kappa shape index (κ1) is 13.8. The number of hydrogen-bond acceptors (Lipinski definition) is 2. The lowest BCUT2D eigenvalue weighted by molar-refractivity contribution is 0.0286.